The van der Waals surface area contributed by atoms with E-state index in [1.165, 1.54) is 0 Å². The first-order chi connectivity index (χ1) is 7.79. The Bertz CT molecular complexity index is 410. The zero-order chi connectivity index (χ0) is 11.4. The van der Waals surface area contributed by atoms with Crippen molar-refractivity contribution in [2.45, 2.75) is 6.40 Å². The molecule has 1 aliphatic heterocycles. The van der Waals surface area contributed by atoms with Crippen LogP contribution in [-0.2, 0) is 0 Å². The van der Waals surface area contributed by atoms with E-state index in [-0.39, 0.29) is 0 Å². The predicted octanol–water partition coefficient (Wildman–Crippen LogP) is 2.15. The standard InChI is InChI=1S/C12H13N3/c13-7-4-8-14-9-10-15(11-14)12-5-2-1-3-6-12/h1-3,5-6,9-10H,4,8,11H2/i4D. The minimum atomic E-state index is -0.680. The van der Waals surface area contributed by atoms with Crippen LogP contribution in [-0.4, -0.2) is 18.1 Å². The van der Waals surface area contributed by atoms with Crippen LogP contribution in [0.1, 0.15) is 7.77 Å². The highest BCUT2D eigenvalue weighted by molar-refractivity contribution is 5.49. The molecule has 0 saturated carbocycles. The second-order valence-electron chi connectivity index (χ2n) is 3.35. The van der Waals surface area contributed by atoms with Crippen LogP contribution in [0.5, 0.6) is 0 Å². The van der Waals surface area contributed by atoms with E-state index in [1.807, 2.05) is 53.7 Å². The highest BCUT2D eigenvalue weighted by atomic mass is 15.3. The summed E-state index contributed by atoms with van der Waals surface area (Å²) >= 11 is 0. The van der Waals surface area contributed by atoms with Crippen molar-refractivity contribution in [3.8, 4) is 6.07 Å². The van der Waals surface area contributed by atoms with Crippen LogP contribution in [0.15, 0.2) is 42.7 Å². The molecular formula is C12H13N3. The third kappa shape index (κ3) is 2.29. The predicted molar refractivity (Wildman–Crippen MR) is 59.9 cm³/mol. The Morgan fingerprint density at radius 2 is 2.13 bits per heavy atom. The fourth-order valence-corrected chi connectivity index (χ4v) is 1.53. The number of hydrogen-bond acceptors (Lipinski definition) is 3. The van der Waals surface area contributed by atoms with Crippen molar-refractivity contribution < 1.29 is 1.37 Å². The van der Waals surface area contributed by atoms with Crippen molar-refractivity contribution in [3.63, 3.8) is 0 Å². The molecule has 0 fully saturated rings. The molecular weight excluding hydrogens is 186 g/mol. The minimum absolute atomic E-state index is 0.455. The molecule has 15 heavy (non-hydrogen) atoms. The summed E-state index contributed by atoms with van der Waals surface area (Å²) in [5.41, 5.74) is 1.12. The molecule has 3 nitrogen and oxygen atoms in total. The summed E-state index contributed by atoms with van der Waals surface area (Å²) in [6, 6.07) is 12.0. The van der Waals surface area contributed by atoms with Crippen molar-refractivity contribution >= 4 is 5.69 Å². The second kappa shape index (κ2) is 4.52. The van der Waals surface area contributed by atoms with Gasteiger partial charge in [0.2, 0.25) is 0 Å². The Morgan fingerprint density at radius 1 is 1.33 bits per heavy atom. The van der Waals surface area contributed by atoms with Gasteiger partial charge in [-0.3, -0.25) is 0 Å². The average molecular weight is 200 g/mol. The van der Waals surface area contributed by atoms with Crippen LogP contribution in [0.25, 0.3) is 0 Å². The van der Waals surface area contributed by atoms with E-state index < -0.39 is 6.40 Å². The first-order valence-electron chi connectivity index (χ1n) is 5.43. The lowest BCUT2D eigenvalue weighted by Gasteiger charge is -2.20. The van der Waals surface area contributed by atoms with Gasteiger partial charge in [0.15, 0.2) is 0 Å². The number of nitriles is 1. The summed E-state index contributed by atoms with van der Waals surface area (Å²) in [5.74, 6) is 0. The lowest BCUT2D eigenvalue weighted by atomic mass is 10.3. The smallest absolute Gasteiger partial charge is 0.0942 e. The molecule has 1 atom stereocenters. The summed E-state index contributed by atoms with van der Waals surface area (Å²) in [7, 11) is 0. The lowest BCUT2D eigenvalue weighted by molar-refractivity contribution is 0.416. The van der Waals surface area contributed by atoms with Crippen molar-refractivity contribution in [2.75, 3.05) is 18.1 Å². The summed E-state index contributed by atoms with van der Waals surface area (Å²) in [4.78, 5) is 4.05. The zero-order valence-electron chi connectivity index (χ0n) is 9.37. The van der Waals surface area contributed by atoms with E-state index >= 15 is 0 Å². The number of rotatable bonds is 3. The average Bonchev–Trinajstić information content (AvgIpc) is 2.78. The summed E-state index contributed by atoms with van der Waals surface area (Å²) < 4.78 is 7.40. The number of hydrogen-bond donors (Lipinski definition) is 0. The molecule has 0 amide bonds. The highest BCUT2D eigenvalue weighted by Crippen LogP contribution is 2.18. The molecule has 2 rings (SSSR count). The molecule has 76 valence electrons. The van der Waals surface area contributed by atoms with Gasteiger partial charge in [0, 0.05) is 26.0 Å². The molecule has 0 spiro atoms. The topological polar surface area (TPSA) is 30.3 Å². The van der Waals surface area contributed by atoms with Gasteiger partial charge >= 0.3 is 0 Å². The minimum Gasteiger partial charge on any atom is -0.357 e. The van der Waals surface area contributed by atoms with Gasteiger partial charge in [-0.2, -0.15) is 5.26 Å². The molecule has 1 heterocycles. The first kappa shape index (κ1) is 8.37. The monoisotopic (exact) mass is 200 g/mol. The molecule has 1 aliphatic rings. The molecule has 0 aromatic heterocycles. The molecule has 1 unspecified atom stereocenters. The molecule has 0 aliphatic carbocycles. The molecule has 1 aromatic rings. The van der Waals surface area contributed by atoms with Gasteiger partial charge in [-0.15, -0.1) is 0 Å². The zero-order valence-corrected chi connectivity index (χ0v) is 8.37. The molecule has 0 saturated heterocycles. The fourth-order valence-electron chi connectivity index (χ4n) is 1.53. The molecule has 0 bridgehead atoms. The highest BCUT2D eigenvalue weighted by Gasteiger charge is 2.12. The maximum absolute atomic E-state index is 8.58. The Balaban J connectivity index is 1.95. The Labute approximate surface area is 91.2 Å². The van der Waals surface area contributed by atoms with E-state index in [2.05, 4.69) is 4.90 Å². The van der Waals surface area contributed by atoms with Crippen molar-refractivity contribution in [1.82, 2.24) is 4.90 Å². The van der Waals surface area contributed by atoms with Gasteiger partial charge in [-0.25, -0.2) is 0 Å². The van der Waals surface area contributed by atoms with E-state index in [0.29, 0.717) is 13.2 Å². The summed E-state index contributed by atoms with van der Waals surface area (Å²) in [6.45, 7) is 1.16. The van der Waals surface area contributed by atoms with Gasteiger partial charge in [0.1, 0.15) is 0 Å². The SMILES string of the molecule is [2H]C(C#N)CN1C=CN(c2ccccc2)C1. The van der Waals surface area contributed by atoms with Gasteiger partial charge in [0.05, 0.1) is 19.1 Å². The van der Waals surface area contributed by atoms with Crippen molar-refractivity contribution in [1.29, 1.82) is 5.26 Å². The molecule has 0 N–H and O–H groups in total. The summed E-state index contributed by atoms with van der Waals surface area (Å²) in [6.07, 6.45) is 3.21. The van der Waals surface area contributed by atoms with E-state index in [9.17, 15) is 0 Å². The van der Waals surface area contributed by atoms with E-state index in [0.717, 1.165) is 5.69 Å². The molecule has 0 radical (unpaired) electrons. The van der Waals surface area contributed by atoms with Crippen molar-refractivity contribution in [3.05, 3.63) is 42.7 Å². The molecule has 3 heteroatoms. The number of nitrogens with zero attached hydrogens (tertiary/aromatic N) is 3. The third-order valence-electron chi connectivity index (χ3n) is 2.30. The van der Waals surface area contributed by atoms with Crippen molar-refractivity contribution in [2.24, 2.45) is 0 Å². The van der Waals surface area contributed by atoms with Crippen LogP contribution in [0, 0.1) is 11.3 Å². The third-order valence-corrected chi connectivity index (χ3v) is 2.30. The first-order valence-corrected chi connectivity index (χ1v) is 4.85. The van der Waals surface area contributed by atoms with E-state index in [4.69, 9.17) is 6.63 Å². The van der Waals surface area contributed by atoms with Crippen LogP contribution >= 0.6 is 0 Å². The van der Waals surface area contributed by atoms with Crippen LogP contribution in [0.3, 0.4) is 0 Å². The van der Waals surface area contributed by atoms with Gasteiger partial charge in [-0.1, -0.05) is 18.2 Å². The Hall–Kier alpha value is -1.95. The quantitative estimate of drug-likeness (QED) is 0.749. The number of anilines is 1. The van der Waals surface area contributed by atoms with Gasteiger partial charge < -0.3 is 9.80 Å². The maximum Gasteiger partial charge on any atom is 0.0942 e. The van der Waals surface area contributed by atoms with Crippen LogP contribution < -0.4 is 4.90 Å². The fraction of sp³-hybridized carbons (Fsp3) is 0.250. The maximum atomic E-state index is 8.58. The normalized spacial score (nSPS) is 17.4. The number of benzene rings is 1. The van der Waals surface area contributed by atoms with E-state index in [1.54, 1.807) is 0 Å². The molecule has 1 aromatic carbocycles. The van der Waals surface area contributed by atoms with Crippen LogP contribution in [0.2, 0.25) is 0 Å². The van der Waals surface area contributed by atoms with Gasteiger partial charge in [-0.05, 0) is 12.1 Å². The van der Waals surface area contributed by atoms with Gasteiger partial charge in [0.25, 0.3) is 0 Å². The Kier molecular flexibility index (Phi) is 2.52. The summed E-state index contributed by atoms with van der Waals surface area (Å²) in [5, 5.41) is 8.58. The Morgan fingerprint density at radius 3 is 2.87 bits per heavy atom. The lowest BCUT2D eigenvalue weighted by Crippen LogP contribution is -2.25. The van der Waals surface area contributed by atoms with Crippen LogP contribution in [0.4, 0.5) is 5.69 Å². The largest absolute Gasteiger partial charge is 0.357 e. The number of para-hydroxylation sites is 1. The second-order valence-corrected chi connectivity index (χ2v) is 3.35.